The van der Waals surface area contributed by atoms with Crippen LogP contribution in [0.3, 0.4) is 0 Å². The van der Waals surface area contributed by atoms with Gasteiger partial charge < -0.3 is 10.2 Å². The Morgan fingerprint density at radius 2 is 1.71 bits per heavy atom. The lowest BCUT2D eigenvalue weighted by molar-refractivity contribution is -0.126. The molecule has 0 bridgehead atoms. The Balaban J connectivity index is 1.35. The highest BCUT2D eigenvalue weighted by Gasteiger charge is 2.27. The molecule has 2 aliphatic rings. The number of carbonyl (C=O) groups excluding carboxylic acids is 1. The van der Waals surface area contributed by atoms with Crippen LogP contribution in [-0.2, 0) is 4.79 Å². The van der Waals surface area contributed by atoms with Crippen LogP contribution in [0.5, 0.6) is 0 Å². The number of benzene rings is 1. The molecule has 1 amide bonds. The highest BCUT2D eigenvalue weighted by Crippen LogP contribution is 2.26. The fraction of sp³-hybridized carbons (Fsp3) is 0.522. The summed E-state index contributed by atoms with van der Waals surface area (Å²) < 4.78 is 0. The molecule has 1 aromatic carbocycles. The van der Waals surface area contributed by atoms with E-state index >= 15 is 0 Å². The predicted molar refractivity (Wildman–Crippen MR) is 112 cm³/mol. The van der Waals surface area contributed by atoms with Crippen LogP contribution in [0.15, 0.2) is 36.7 Å². The van der Waals surface area contributed by atoms with Gasteiger partial charge in [0.25, 0.3) is 0 Å². The van der Waals surface area contributed by atoms with E-state index in [-0.39, 0.29) is 11.8 Å². The summed E-state index contributed by atoms with van der Waals surface area (Å²) in [6, 6.07) is 10.9. The maximum atomic E-state index is 12.6. The van der Waals surface area contributed by atoms with E-state index in [1.165, 1.54) is 24.8 Å². The van der Waals surface area contributed by atoms with Gasteiger partial charge in [-0.15, -0.1) is 0 Å². The number of rotatable bonds is 4. The van der Waals surface area contributed by atoms with E-state index < -0.39 is 0 Å². The van der Waals surface area contributed by atoms with Gasteiger partial charge in [0.15, 0.2) is 0 Å². The Morgan fingerprint density at radius 3 is 2.43 bits per heavy atom. The van der Waals surface area contributed by atoms with Crippen molar-refractivity contribution in [3.8, 4) is 11.3 Å². The van der Waals surface area contributed by atoms with E-state index in [1.807, 2.05) is 0 Å². The number of nitrogens with one attached hydrogen (secondary N) is 1. The van der Waals surface area contributed by atoms with Gasteiger partial charge in [0.2, 0.25) is 5.91 Å². The summed E-state index contributed by atoms with van der Waals surface area (Å²) in [5.41, 5.74) is 3.30. The third-order valence-corrected chi connectivity index (χ3v) is 6.14. The van der Waals surface area contributed by atoms with Crippen LogP contribution >= 0.6 is 0 Å². The topological polar surface area (TPSA) is 58.1 Å². The lowest BCUT2D eigenvalue weighted by Crippen LogP contribution is -2.44. The normalized spacial score (nSPS) is 18.8. The lowest BCUT2D eigenvalue weighted by Gasteiger charge is -2.33. The summed E-state index contributed by atoms with van der Waals surface area (Å²) in [5.74, 6) is 1.35. The molecule has 1 saturated carbocycles. The average molecular weight is 379 g/mol. The molecule has 28 heavy (non-hydrogen) atoms. The van der Waals surface area contributed by atoms with Gasteiger partial charge in [0.05, 0.1) is 5.69 Å². The highest BCUT2D eigenvalue weighted by atomic mass is 16.1. The maximum absolute atomic E-state index is 12.6. The van der Waals surface area contributed by atoms with Crippen LogP contribution in [0.2, 0.25) is 0 Å². The van der Waals surface area contributed by atoms with Gasteiger partial charge in [-0.05, 0) is 32.6 Å². The van der Waals surface area contributed by atoms with Crippen molar-refractivity contribution >= 4 is 11.7 Å². The molecule has 5 heteroatoms. The van der Waals surface area contributed by atoms with Crippen molar-refractivity contribution in [3.05, 3.63) is 42.2 Å². The molecule has 2 heterocycles. The summed E-state index contributed by atoms with van der Waals surface area (Å²) in [6.45, 7) is 3.82. The van der Waals surface area contributed by atoms with E-state index in [4.69, 9.17) is 0 Å². The summed E-state index contributed by atoms with van der Waals surface area (Å²) in [7, 11) is 0. The Bertz CT molecular complexity index is 791. The zero-order valence-corrected chi connectivity index (χ0v) is 16.7. The van der Waals surface area contributed by atoms with Crippen molar-refractivity contribution in [2.75, 3.05) is 18.0 Å². The van der Waals surface area contributed by atoms with Crippen LogP contribution in [0.4, 0.5) is 5.82 Å². The largest absolute Gasteiger partial charge is 0.356 e. The number of aryl methyl sites for hydroxylation is 1. The van der Waals surface area contributed by atoms with Crippen LogP contribution in [0.25, 0.3) is 11.3 Å². The Morgan fingerprint density at radius 1 is 1.00 bits per heavy atom. The molecule has 0 spiro atoms. The first kappa shape index (κ1) is 18.9. The third-order valence-electron chi connectivity index (χ3n) is 6.14. The van der Waals surface area contributed by atoms with Crippen molar-refractivity contribution < 1.29 is 4.79 Å². The van der Waals surface area contributed by atoms with Crippen LogP contribution in [0, 0.1) is 12.8 Å². The van der Waals surface area contributed by atoms with Gasteiger partial charge in [0.1, 0.15) is 12.1 Å². The fourth-order valence-corrected chi connectivity index (χ4v) is 4.34. The molecular weight excluding hydrogens is 348 g/mol. The second-order valence-corrected chi connectivity index (χ2v) is 8.23. The number of carbonyl (C=O) groups is 1. The summed E-state index contributed by atoms with van der Waals surface area (Å²) in [6.07, 6.45) is 9.53. The molecule has 1 N–H and O–H groups in total. The molecular formula is C23H30N4O. The number of amides is 1. The quantitative estimate of drug-likeness (QED) is 0.870. The molecule has 0 radical (unpaired) electrons. The van der Waals surface area contributed by atoms with Crippen molar-refractivity contribution in [1.82, 2.24) is 15.3 Å². The summed E-state index contributed by atoms with van der Waals surface area (Å²) in [4.78, 5) is 23.8. The smallest absolute Gasteiger partial charge is 0.223 e. The van der Waals surface area contributed by atoms with Crippen LogP contribution in [0.1, 0.15) is 50.5 Å². The predicted octanol–water partition coefficient (Wildman–Crippen LogP) is 4.12. The van der Waals surface area contributed by atoms with Crippen LogP contribution in [-0.4, -0.2) is 35.0 Å². The standard InChI is InChI=1S/C23H30N4O/c1-17-7-9-18(10-8-17)21-15-22(25-16-24-21)27-13-11-19(12-14-27)23(28)26-20-5-3-2-4-6-20/h7-10,15-16,19-20H,2-6,11-14H2,1H3,(H,26,28). The van der Waals surface area contributed by atoms with E-state index in [0.29, 0.717) is 6.04 Å². The van der Waals surface area contributed by atoms with Gasteiger partial charge >= 0.3 is 0 Å². The first-order valence-corrected chi connectivity index (χ1v) is 10.6. The van der Waals surface area contributed by atoms with Gasteiger partial charge in [0, 0.05) is 36.7 Å². The maximum Gasteiger partial charge on any atom is 0.223 e. The average Bonchev–Trinajstić information content (AvgIpc) is 2.75. The molecule has 1 saturated heterocycles. The number of hydrogen-bond acceptors (Lipinski definition) is 4. The number of hydrogen-bond donors (Lipinski definition) is 1. The highest BCUT2D eigenvalue weighted by molar-refractivity contribution is 5.79. The number of anilines is 1. The van der Waals surface area contributed by atoms with Crippen molar-refractivity contribution in [2.24, 2.45) is 5.92 Å². The minimum atomic E-state index is 0.136. The Labute approximate surface area is 167 Å². The first-order chi connectivity index (χ1) is 13.7. The van der Waals surface area contributed by atoms with Crippen molar-refractivity contribution in [1.29, 1.82) is 0 Å². The zero-order valence-electron chi connectivity index (χ0n) is 16.7. The summed E-state index contributed by atoms with van der Waals surface area (Å²) in [5, 5.41) is 3.30. The van der Waals surface area contributed by atoms with Gasteiger partial charge in [-0.2, -0.15) is 0 Å². The lowest BCUT2D eigenvalue weighted by atomic mass is 9.92. The van der Waals surface area contributed by atoms with Crippen LogP contribution < -0.4 is 10.2 Å². The molecule has 1 aliphatic carbocycles. The molecule has 2 fully saturated rings. The minimum absolute atomic E-state index is 0.136. The van der Waals surface area contributed by atoms with Gasteiger partial charge in [-0.1, -0.05) is 49.1 Å². The molecule has 0 atom stereocenters. The summed E-state index contributed by atoms with van der Waals surface area (Å²) >= 11 is 0. The molecule has 1 aromatic heterocycles. The van der Waals surface area contributed by atoms with E-state index in [9.17, 15) is 4.79 Å². The third kappa shape index (κ3) is 4.51. The van der Waals surface area contributed by atoms with E-state index in [2.05, 4.69) is 57.4 Å². The molecule has 2 aromatic rings. The fourth-order valence-electron chi connectivity index (χ4n) is 4.34. The molecule has 4 rings (SSSR count). The second-order valence-electron chi connectivity index (χ2n) is 8.23. The van der Waals surface area contributed by atoms with Gasteiger partial charge in [-0.25, -0.2) is 9.97 Å². The number of nitrogens with zero attached hydrogens (tertiary/aromatic N) is 3. The molecule has 0 unspecified atom stereocenters. The SMILES string of the molecule is Cc1ccc(-c2cc(N3CCC(C(=O)NC4CCCCC4)CC3)ncn2)cc1. The Kier molecular flexibility index (Phi) is 5.89. The first-order valence-electron chi connectivity index (χ1n) is 10.6. The number of piperidine rings is 1. The molecule has 5 nitrogen and oxygen atoms in total. The Hall–Kier alpha value is -2.43. The molecule has 1 aliphatic heterocycles. The minimum Gasteiger partial charge on any atom is -0.356 e. The van der Waals surface area contributed by atoms with E-state index in [0.717, 1.165) is 55.8 Å². The monoisotopic (exact) mass is 378 g/mol. The molecule has 148 valence electrons. The van der Waals surface area contributed by atoms with Crippen molar-refractivity contribution in [2.45, 2.75) is 57.9 Å². The second kappa shape index (κ2) is 8.72. The zero-order chi connectivity index (χ0) is 19.3. The van der Waals surface area contributed by atoms with Gasteiger partial charge in [-0.3, -0.25) is 4.79 Å². The number of aromatic nitrogens is 2. The van der Waals surface area contributed by atoms with Crippen molar-refractivity contribution in [3.63, 3.8) is 0 Å². The van der Waals surface area contributed by atoms with E-state index in [1.54, 1.807) is 6.33 Å².